The molecular formula is C17H23O3Pd-. The number of hydrogen-bond acceptors (Lipinski definition) is 3. The fraction of sp³-hybridized carbons (Fsp3) is 0.824. The van der Waals surface area contributed by atoms with E-state index in [-0.39, 0.29) is 37.5 Å². The molecular weight excluding hydrogens is 359 g/mol. The Morgan fingerprint density at radius 2 is 2.05 bits per heavy atom. The maximum atomic E-state index is 6.37. The molecule has 0 bridgehead atoms. The van der Waals surface area contributed by atoms with E-state index in [0.29, 0.717) is 5.41 Å². The Bertz CT molecular complexity index is 526. The van der Waals surface area contributed by atoms with Gasteiger partial charge in [-0.15, -0.1) is 6.42 Å². The van der Waals surface area contributed by atoms with Crippen LogP contribution in [0.15, 0.2) is 11.6 Å². The van der Waals surface area contributed by atoms with Gasteiger partial charge in [-0.05, 0) is 37.5 Å². The van der Waals surface area contributed by atoms with Crippen LogP contribution in [0.5, 0.6) is 0 Å². The predicted octanol–water partition coefficient (Wildman–Crippen LogP) is 3.00. The van der Waals surface area contributed by atoms with Crippen LogP contribution >= 0.6 is 0 Å². The summed E-state index contributed by atoms with van der Waals surface area (Å²) in [6.07, 6.45) is 7.38. The maximum absolute atomic E-state index is 6.37. The molecule has 0 aromatic rings. The Balaban J connectivity index is 0.00000115. The third kappa shape index (κ3) is 1.52. The van der Waals surface area contributed by atoms with E-state index in [4.69, 9.17) is 14.2 Å². The molecule has 2 saturated carbocycles. The summed E-state index contributed by atoms with van der Waals surface area (Å²) in [7, 11) is 0. The quantitative estimate of drug-likeness (QED) is 0.516. The number of ether oxygens (including phenoxy) is 3. The van der Waals surface area contributed by atoms with Crippen molar-refractivity contribution in [3.05, 3.63) is 17.6 Å². The summed E-state index contributed by atoms with van der Waals surface area (Å²) in [5.74, 6) is 1.08. The molecule has 0 unspecified atom stereocenters. The van der Waals surface area contributed by atoms with Crippen molar-refractivity contribution in [2.75, 3.05) is 13.2 Å². The Kier molecular flexibility index (Phi) is 2.78. The molecule has 0 radical (unpaired) electrons. The van der Waals surface area contributed by atoms with Gasteiger partial charge in [0.2, 0.25) is 0 Å². The molecule has 2 saturated heterocycles. The fourth-order valence-corrected chi connectivity index (χ4v) is 5.38. The van der Waals surface area contributed by atoms with Gasteiger partial charge in [-0.2, -0.15) is 11.5 Å². The van der Waals surface area contributed by atoms with E-state index >= 15 is 0 Å². The van der Waals surface area contributed by atoms with Gasteiger partial charge in [-0.3, -0.25) is 0 Å². The van der Waals surface area contributed by atoms with Crippen LogP contribution in [0.2, 0.25) is 0 Å². The molecule has 120 valence electrons. The van der Waals surface area contributed by atoms with Gasteiger partial charge in [0.1, 0.15) is 0 Å². The van der Waals surface area contributed by atoms with Gasteiger partial charge in [0, 0.05) is 33.1 Å². The van der Waals surface area contributed by atoms with Gasteiger partial charge in [-0.25, -0.2) is 6.08 Å². The minimum Gasteiger partial charge on any atom is -0.382 e. The van der Waals surface area contributed by atoms with E-state index < -0.39 is 5.79 Å². The monoisotopic (exact) mass is 381 g/mol. The molecule has 21 heavy (non-hydrogen) atoms. The third-order valence-corrected chi connectivity index (χ3v) is 6.37. The van der Waals surface area contributed by atoms with Crippen LogP contribution in [-0.2, 0) is 34.6 Å². The SMILES string of the molecule is CC1(C)O[C@H]2[C-]([C@@]34COC[C@]3(C)C4)C3=CCCC[C@@]32O1.[Pd]. The predicted molar refractivity (Wildman–Crippen MR) is 73.9 cm³/mol. The number of rotatable bonds is 1. The smallest absolute Gasteiger partial charge is 0.162 e. The van der Waals surface area contributed by atoms with Gasteiger partial charge < -0.3 is 14.2 Å². The summed E-state index contributed by atoms with van der Waals surface area (Å²) in [6.45, 7) is 8.27. The molecule has 2 heterocycles. The van der Waals surface area contributed by atoms with Gasteiger partial charge in [-0.1, -0.05) is 13.3 Å². The standard InChI is InChI=1S/C17H23O3.Pd/c1-14(2)19-13-12(16-8-15(16,3)9-18-10-16)11-6-4-5-7-17(11,13)20-14;/h6,13H,4-5,7-10H2,1-3H3;/q-1;/t13-,15-,16+,17+;/m0./s1. The van der Waals surface area contributed by atoms with Crippen LogP contribution in [0, 0.1) is 16.7 Å². The van der Waals surface area contributed by atoms with Crippen molar-refractivity contribution >= 4 is 0 Å². The average molecular weight is 382 g/mol. The van der Waals surface area contributed by atoms with Crippen molar-refractivity contribution in [3.63, 3.8) is 0 Å². The second-order valence-electron chi connectivity index (χ2n) is 8.13. The molecule has 3 aliphatic carbocycles. The Hall–Kier alpha value is 0.152. The summed E-state index contributed by atoms with van der Waals surface area (Å²) in [6, 6.07) is 0. The summed E-state index contributed by atoms with van der Waals surface area (Å²) in [4.78, 5) is 0. The molecule has 1 spiro atoms. The molecule has 4 heteroatoms. The van der Waals surface area contributed by atoms with E-state index in [1.165, 1.54) is 30.8 Å². The Morgan fingerprint density at radius 3 is 2.71 bits per heavy atom. The first-order valence-corrected chi connectivity index (χ1v) is 7.97. The molecule has 5 aliphatic rings. The zero-order valence-corrected chi connectivity index (χ0v) is 14.5. The van der Waals surface area contributed by atoms with Gasteiger partial charge >= 0.3 is 0 Å². The minimum absolute atomic E-state index is 0. The van der Waals surface area contributed by atoms with Crippen LogP contribution in [0.4, 0.5) is 0 Å². The molecule has 2 aliphatic heterocycles. The first kappa shape index (κ1) is 14.7. The van der Waals surface area contributed by atoms with Gasteiger partial charge in [0.05, 0.1) is 12.2 Å². The first-order valence-electron chi connectivity index (χ1n) is 7.97. The van der Waals surface area contributed by atoms with Crippen molar-refractivity contribution < 1.29 is 34.6 Å². The Morgan fingerprint density at radius 1 is 1.24 bits per heavy atom. The second kappa shape index (κ2) is 3.97. The zero-order valence-electron chi connectivity index (χ0n) is 12.9. The summed E-state index contributed by atoms with van der Waals surface area (Å²) in [5.41, 5.74) is 1.95. The first-order chi connectivity index (χ1) is 9.43. The van der Waals surface area contributed by atoms with E-state index in [1.54, 1.807) is 0 Å². The van der Waals surface area contributed by atoms with Crippen LogP contribution in [0.3, 0.4) is 0 Å². The van der Waals surface area contributed by atoms with E-state index in [2.05, 4.69) is 26.8 Å². The van der Waals surface area contributed by atoms with Crippen molar-refractivity contribution in [1.82, 2.24) is 0 Å². The topological polar surface area (TPSA) is 27.7 Å². The molecule has 5 rings (SSSR count). The second-order valence-corrected chi connectivity index (χ2v) is 8.13. The van der Waals surface area contributed by atoms with Crippen LogP contribution in [0.25, 0.3) is 0 Å². The molecule has 0 aromatic heterocycles. The molecule has 3 nitrogen and oxygen atoms in total. The summed E-state index contributed by atoms with van der Waals surface area (Å²) < 4.78 is 18.5. The molecule has 4 fully saturated rings. The fourth-order valence-electron chi connectivity index (χ4n) is 5.38. The van der Waals surface area contributed by atoms with E-state index in [0.717, 1.165) is 19.6 Å². The van der Waals surface area contributed by atoms with Crippen molar-refractivity contribution in [1.29, 1.82) is 0 Å². The zero-order chi connectivity index (χ0) is 13.8. The van der Waals surface area contributed by atoms with Gasteiger partial charge in [0.25, 0.3) is 0 Å². The minimum atomic E-state index is -0.454. The van der Waals surface area contributed by atoms with Crippen molar-refractivity contribution in [2.24, 2.45) is 10.8 Å². The largest absolute Gasteiger partial charge is 0.382 e. The summed E-state index contributed by atoms with van der Waals surface area (Å²) in [5, 5.41) is 0. The number of allylic oxidation sites excluding steroid dienone is 1. The molecule has 0 amide bonds. The molecule has 4 atom stereocenters. The van der Waals surface area contributed by atoms with Crippen molar-refractivity contribution in [2.45, 2.75) is 63.9 Å². The van der Waals surface area contributed by atoms with E-state index in [9.17, 15) is 0 Å². The van der Waals surface area contributed by atoms with E-state index in [1.807, 2.05) is 0 Å². The van der Waals surface area contributed by atoms with Crippen LogP contribution in [0.1, 0.15) is 46.5 Å². The number of hydrogen-bond donors (Lipinski definition) is 0. The third-order valence-electron chi connectivity index (χ3n) is 6.37. The average Bonchev–Trinajstić information content (AvgIpc) is 2.72. The van der Waals surface area contributed by atoms with Crippen molar-refractivity contribution in [3.8, 4) is 0 Å². The Labute approximate surface area is 140 Å². The molecule has 0 aromatic carbocycles. The summed E-state index contributed by atoms with van der Waals surface area (Å²) >= 11 is 0. The van der Waals surface area contributed by atoms with Crippen LogP contribution < -0.4 is 0 Å². The maximum Gasteiger partial charge on any atom is 0.162 e. The van der Waals surface area contributed by atoms with Gasteiger partial charge in [0.15, 0.2) is 5.79 Å². The molecule has 0 N–H and O–H groups in total. The number of fused-ring (bicyclic) bond motifs is 1. The van der Waals surface area contributed by atoms with Crippen LogP contribution in [-0.4, -0.2) is 30.7 Å². The normalized spacial score (nSPS) is 52.0.